The first-order valence-corrected chi connectivity index (χ1v) is 14.2. The van der Waals surface area contributed by atoms with E-state index >= 15 is 0 Å². The molecule has 3 atom stereocenters. The molecule has 224 valence electrons. The number of non-ortho nitro benzene ring substituents is 1. The standard InChI is InChI=1S/C31H38N4O7/c1-20-27(30(36)40-3)29(23-14-11-15-24(18-23)35(38)39)28(21(2)32-20)31(37)42-17-10-5-4-9-16-41-26-19-25(33-34-26)22-12-7-6-8-13-22/h6-8,11-15,18,25-26,29,32-34H,4-5,9-10,16-17,19H2,1-3H3. The van der Waals surface area contributed by atoms with Crippen LogP contribution in [-0.2, 0) is 23.8 Å². The molecule has 0 bridgehead atoms. The number of nitro groups is 1. The summed E-state index contributed by atoms with van der Waals surface area (Å²) >= 11 is 0. The molecular formula is C31H38N4O7. The lowest BCUT2D eigenvalue weighted by Gasteiger charge is -2.30. The van der Waals surface area contributed by atoms with Crippen molar-refractivity contribution in [3.05, 3.63) is 98.4 Å². The molecule has 2 aliphatic rings. The lowest BCUT2D eigenvalue weighted by atomic mass is 9.80. The molecule has 3 unspecified atom stereocenters. The van der Waals surface area contributed by atoms with E-state index in [1.165, 1.54) is 30.9 Å². The second-order valence-corrected chi connectivity index (χ2v) is 10.4. The van der Waals surface area contributed by atoms with Gasteiger partial charge in [0.25, 0.3) is 5.69 Å². The molecule has 2 aromatic rings. The van der Waals surface area contributed by atoms with Crippen molar-refractivity contribution in [1.82, 2.24) is 16.2 Å². The van der Waals surface area contributed by atoms with Crippen LogP contribution in [0.3, 0.4) is 0 Å². The summed E-state index contributed by atoms with van der Waals surface area (Å²) in [6, 6.07) is 16.4. The highest BCUT2D eigenvalue weighted by atomic mass is 16.6. The van der Waals surface area contributed by atoms with Crippen LogP contribution in [0.1, 0.15) is 69.0 Å². The average molecular weight is 579 g/mol. The van der Waals surface area contributed by atoms with Gasteiger partial charge in [-0.15, -0.1) is 0 Å². The number of carbonyl (C=O) groups excluding carboxylic acids is 2. The molecule has 4 rings (SSSR count). The Morgan fingerprint density at radius 2 is 1.55 bits per heavy atom. The maximum absolute atomic E-state index is 13.3. The van der Waals surface area contributed by atoms with Gasteiger partial charge in [-0.3, -0.25) is 10.1 Å². The van der Waals surface area contributed by atoms with Gasteiger partial charge in [0.05, 0.1) is 41.7 Å². The van der Waals surface area contributed by atoms with Crippen LogP contribution in [0.4, 0.5) is 5.69 Å². The molecule has 0 aromatic heterocycles. The van der Waals surface area contributed by atoms with Gasteiger partial charge >= 0.3 is 11.9 Å². The Bertz CT molecular complexity index is 1340. The quantitative estimate of drug-likeness (QED) is 0.133. The number of nitrogens with one attached hydrogen (secondary N) is 3. The van der Waals surface area contributed by atoms with E-state index in [1.54, 1.807) is 19.9 Å². The SMILES string of the molecule is COC(=O)C1=C(C)NC(C)=C(C(=O)OCCCCCCOC2CC(c3ccccc3)NN2)C1c1cccc([N+](=O)[O-])c1. The normalized spacial score (nSPS) is 20.3. The first kappa shape index (κ1) is 30.9. The van der Waals surface area contributed by atoms with Gasteiger partial charge in [-0.05, 0) is 44.2 Å². The van der Waals surface area contributed by atoms with Crippen molar-refractivity contribution in [2.45, 2.75) is 64.1 Å². The minimum absolute atomic E-state index is 0.0386. The number of esters is 2. The van der Waals surface area contributed by atoms with Crippen LogP contribution in [0, 0.1) is 10.1 Å². The average Bonchev–Trinajstić information content (AvgIpc) is 3.47. The Hall–Kier alpha value is -4.06. The van der Waals surface area contributed by atoms with E-state index < -0.39 is 22.8 Å². The fourth-order valence-corrected chi connectivity index (χ4v) is 5.36. The molecule has 1 saturated heterocycles. The summed E-state index contributed by atoms with van der Waals surface area (Å²) in [4.78, 5) is 37.0. The van der Waals surface area contributed by atoms with Gasteiger partial charge in [0.15, 0.2) is 0 Å². The van der Waals surface area contributed by atoms with Crippen molar-refractivity contribution in [2.24, 2.45) is 0 Å². The highest BCUT2D eigenvalue weighted by Crippen LogP contribution is 2.40. The Morgan fingerprint density at radius 3 is 2.24 bits per heavy atom. The smallest absolute Gasteiger partial charge is 0.336 e. The maximum atomic E-state index is 13.3. The zero-order chi connectivity index (χ0) is 30.1. The minimum Gasteiger partial charge on any atom is -0.466 e. The molecule has 1 fully saturated rings. The third kappa shape index (κ3) is 7.61. The Morgan fingerprint density at radius 1 is 0.881 bits per heavy atom. The van der Waals surface area contributed by atoms with Gasteiger partial charge in [0.2, 0.25) is 0 Å². The predicted octanol–water partition coefficient (Wildman–Crippen LogP) is 4.69. The van der Waals surface area contributed by atoms with E-state index in [4.69, 9.17) is 14.2 Å². The third-order valence-electron chi connectivity index (χ3n) is 7.46. The highest BCUT2D eigenvalue weighted by molar-refractivity contribution is 5.99. The third-order valence-corrected chi connectivity index (χ3v) is 7.46. The van der Waals surface area contributed by atoms with Crippen molar-refractivity contribution in [3.63, 3.8) is 0 Å². The van der Waals surface area contributed by atoms with E-state index in [2.05, 4.69) is 28.3 Å². The molecule has 3 N–H and O–H groups in total. The van der Waals surface area contributed by atoms with Crippen LogP contribution in [-0.4, -0.2) is 43.4 Å². The number of rotatable bonds is 13. The van der Waals surface area contributed by atoms with Crippen molar-refractivity contribution in [3.8, 4) is 0 Å². The minimum atomic E-state index is -0.872. The number of methoxy groups -OCH3 is 1. The van der Waals surface area contributed by atoms with Gasteiger partial charge in [-0.1, -0.05) is 48.9 Å². The first-order valence-electron chi connectivity index (χ1n) is 14.2. The van der Waals surface area contributed by atoms with Gasteiger partial charge < -0.3 is 19.5 Å². The summed E-state index contributed by atoms with van der Waals surface area (Å²) in [5.74, 6) is -2.08. The van der Waals surface area contributed by atoms with Crippen LogP contribution < -0.4 is 16.2 Å². The molecule has 2 heterocycles. The molecule has 11 heteroatoms. The summed E-state index contributed by atoms with van der Waals surface area (Å²) in [5, 5.41) is 14.5. The van der Waals surface area contributed by atoms with Crippen LogP contribution in [0.2, 0.25) is 0 Å². The number of unbranched alkanes of at least 4 members (excludes halogenated alkanes) is 3. The van der Waals surface area contributed by atoms with E-state index in [9.17, 15) is 19.7 Å². The predicted molar refractivity (Wildman–Crippen MR) is 156 cm³/mol. The topological polar surface area (TPSA) is 141 Å². The zero-order valence-corrected chi connectivity index (χ0v) is 24.2. The number of hydrazine groups is 1. The molecular weight excluding hydrogens is 540 g/mol. The van der Waals surface area contributed by atoms with E-state index in [1.807, 2.05) is 18.2 Å². The number of hydrogen-bond acceptors (Lipinski definition) is 10. The molecule has 42 heavy (non-hydrogen) atoms. The lowest BCUT2D eigenvalue weighted by molar-refractivity contribution is -0.384. The molecule has 2 aromatic carbocycles. The number of allylic oxidation sites excluding steroid dienone is 2. The van der Waals surface area contributed by atoms with E-state index in [-0.39, 0.29) is 35.7 Å². The van der Waals surface area contributed by atoms with Crippen LogP contribution in [0.15, 0.2) is 77.1 Å². The second-order valence-electron chi connectivity index (χ2n) is 10.4. The molecule has 2 aliphatic heterocycles. The summed E-state index contributed by atoms with van der Waals surface area (Å²) in [5.41, 5.74) is 9.45. The number of nitrogens with zero attached hydrogens (tertiary/aromatic N) is 1. The lowest BCUT2D eigenvalue weighted by Crippen LogP contribution is -2.32. The van der Waals surface area contributed by atoms with E-state index in [0.29, 0.717) is 30.0 Å². The molecule has 0 aliphatic carbocycles. The summed E-state index contributed by atoms with van der Waals surface area (Å²) < 4.78 is 16.6. The van der Waals surface area contributed by atoms with Crippen molar-refractivity contribution in [2.75, 3.05) is 20.3 Å². The van der Waals surface area contributed by atoms with Crippen LogP contribution in [0.5, 0.6) is 0 Å². The Kier molecular flexibility index (Phi) is 10.8. The number of nitro benzene ring substituents is 1. The summed E-state index contributed by atoms with van der Waals surface area (Å²) in [6.07, 6.45) is 4.16. The number of hydrogen-bond donors (Lipinski definition) is 3. The van der Waals surface area contributed by atoms with Gasteiger partial charge in [-0.2, -0.15) is 0 Å². The van der Waals surface area contributed by atoms with Crippen LogP contribution >= 0.6 is 0 Å². The zero-order valence-electron chi connectivity index (χ0n) is 24.2. The van der Waals surface area contributed by atoms with Gasteiger partial charge in [0, 0.05) is 36.6 Å². The fourth-order valence-electron chi connectivity index (χ4n) is 5.36. The molecule has 11 nitrogen and oxygen atoms in total. The maximum Gasteiger partial charge on any atom is 0.336 e. The number of ether oxygens (including phenoxy) is 3. The Balaban J connectivity index is 1.26. The van der Waals surface area contributed by atoms with Crippen LogP contribution in [0.25, 0.3) is 0 Å². The summed E-state index contributed by atoms with van der Waals surface area (Å²) in [7, 11) is 1.25. The van der Waals surface area contributed by atoms with Gasteiger partial charge in [-0.25, -0.2) is 20.4 Å². The number of dihydropyridines is 1. The molecule has 0 radical (unpaired) electrons. The number of benzene rings is 2. The molecule has 0 amide bonds. The van der Waals surface area contributed by atoms with E-state index in [0.717, 1.165) is 25.7 Å². The second kappa shape index (κ2) is 14.7. The summed E-state index contributed by atoms with van der Waals surface area (Å²) in [6.45, 7) is 4.26. The van der Waals surface area contributed by atoms with Gasteiger partial charge in [0.1, 0.15) is 6.23 Å². The largest absolute Gasteiger partial charge is 0.466 e. The molecule has 0 saturated carbocycles. The molecule has 0 spiro atoms. The first-order chi connectivity index (χ1) is 20.3. The monoisotopic (exact) mass is 578 g/mol. The number of carbonyl (C=O) groups is 2. The fraction of sp³-hybridized carbons (Fsp3) is 0.419. The van der Waals surface area contributed by atoms with Crippen molar-refractivity contribution >= 4 is 17.6 Å². The van der Waals surface area contributed by atoms with Crippen molar-refractivity contribution in [1.29, 1.82) is 0 Å². The Labute approximate surface area is 245 Å². The highest BCUT2D eigenvalue weighted by Gasteiger charge is 2.38. The van der Waals surface area contributed by atoms with Crippen molar-refractivity contribution < 1.29 is 28.7 Å².